The number of ether oxygens (including phenoxy) is 2. The van der Waals surface area contributed by atoms with E-state index in [0.29, 0.717) is 19.8 Å². The molecule has 0 rings (SSSR count). The number of nitrogens with one attached hydrogen (secondary N) is 1. The van der Waals surface area contributed by atoms with Gasteiger partial charge in [-0.2, -0.15) is 0 Å². The van der Waals surface area contributed by atoms with Gasteiger partial charge in [0.2, 0.25) is 0 Å². The highest BCUT2D eigenvalue weighted by Crippen LogP contribution is 2.11. The van der Waals surface area contributed by atoms with Crippen molar-refractivity contribution < 1.29 is 14.3 Å². The molecule has 108 valence electrons. The van der Waals surface area contributed by atoms with Crippen LogP contribution in [0.2, 0.25) is 0 Å². The van der Waals surface area contributed by atoms with Crippen LogP contribution in [0.3, 0.4) is 0 Å². The van der Waals surface area contributed by atoms with Crippen LogP contribution in [0.15, 0.2) is 0 Å². The summed E-state index contributed by atoms with van der Waals surface area (Å²) >= 11 is 0. The molecule has 0 aromatic heterocycles. The number of carbonyl (C=O) groups excluding carboxylic acids is 1. The number of hydrogen-bond acceptors (Lipinski definition) is 5. The van der Waals surface area contributed by atoms with Crippen LogP contribution >= 0.6 is 0 Å². The lowest BCUT2D eigenvalue weighted by atomic mass is 10.0. The van der Waals surface area contributed by atoms with E-state index in [9.17, 15) is 4.79 Å². The zero-order valence-electron chi connectivity index (χ0n) is 12.6. The molecule has 0 saturated heterocycles. The molecule has 0 radical (unpaired) electrons. The molecule has 2 unspecified atom stereocenters. The highest BCUT2D eigenvalue weighted by Gasteiger charge is 2.35. The topological polar surface area (TPSA) is 50.8 Å². The molecular weight excluding hydrogens is 232 g/mol. The number of hydrogen-bond donors (Lipinski definition) is 1. The molecule has 0 fully saturated rings. The minimum atomic E-state index is -0.679. The van der Waals surface area contributed by atoms with Gasteiger partial charge in [-0.15, -0.1) is 0 Å². The molecule has 0 heterocycles. The van der Waals surface area contributed by atoms with Crippen molar-refractivity contribution in [2.75, 3.05) is 40.5 Å². The van der Waals surface area contributed by atoms with Gasteiger partial charge in [0, 0.05) is 19.7 Å². The predicted molar refractivity (Wildman–Crippen MR) is 72.7 cm³/mol. The second-order valence-electron chi connectivity index (χ2n) is 4.80. The lowest BCUT2D eigenvalue weighted by Gasteiger charge is -2.35. The summed E-state index contributed by atoms with van der Waals surface area (Å²) < 4.78 is 10.3. The fraction of sp³-hybridized carbons (Fsp3) is 0.923. The lowest BCUT2D eigenvalue weighted by Crippen LogP contribution is -2.58. The maximum atomic E-state index is 12.0. The molecule has 0 spiro atoms. The highest BCUT2D eigenvalue weighted by molar-refractivity contribution is 5.80. The Hall–Kier alpha value is -0.650. The number of nitrogens with zero attached hydrogens (tertiary/aromatic N) is 1. The van der Waals surface area contributed by atoms with Crippen molar-refractivity contribution in [3.63, 3.8) is 0 Å². The Balaban J connectivity index is 4.63. The summed E-state index contributed by atoms with van der Waals surface area (Å²) in [4.78, 5) is 14.1. The van der Waals surface area contributed by atoms with Crippen LogP contribution in [0.1, 0.15) is 27.7 Å². The molecule has 0 aliphatic carbocycles. The van der Waals surface area contributed by atoms with Gasteiger partial charge in [0.25, 0.3) is 0 Å². The summed E-state index contributed by atoms with van der Waals surface area (Å²) in [5, 5.41) is 3.21. The third-order valence-corrected chi connectivity index (χ3v) is 3.02. The molecule has 0 aromatic carbocycles. The number of likely N-dealkylation sites (N-methyl/N-ethyl adjacent to an activating group) is 2. The van der Waals surface area contributed by atoms with E-state index in [2.05, 4.69) is 17.1 Å². The van der Waals surface area contributed by atoms with E-state index in [0.717, 1.165) is 6.54 Å². The van der Waals surface area contributed by atoms with Crippen LogP contribution in [-0.4, -0.2) is 62.9 Å². The van der Waals surface area contributed by atoms with Crippen molar-refractivity contribution in [2.24, 2.45) is 0 Å². The molecule has 0 bridgehead atoms. The second kappa shape index (κ2) is 8.45. The average molecular weight is 260 g/mol. The van der Waals surface area contributed by atoms with E-state index < -0.39 is 5.54 Å². The first-order valence-corrected chi connectivity index (χ1v) is 6.52. The molecule has 5 heteroatoms. The van der Waals surface area contributed by atoms with E-state index in [1.807, 2.05) is 27.8 Å². The Bertz CT molecular complexity index is 248. The minimum absolute atomic E-state index is 0.205. The molecule has 0 saturated carbocycles. The summed E-state index contributed by atoms with van der Waals surface area (Å²) in [7, 11) is 3.66. The Kier molecular flexibility index (Phi) is 8.15. The van der Waals surface area contributed by atoms with Crippen molar-refractivity contribution in [1.82, 2.24) is 10.2 Å². The maximum absolute atomic E-state index is 12.0. The van der Waals surface area contributed by atoms with Gasteiger partial charge in [-0.1, -0.05) is 6.92 Å². The van der Waals surface area contributed by atoms with Gasteiger partial charge in [-0.25, -0.2) is 0 Å². The third kappa shape index (κ3) is 5.33. The first-order valence-electron chi connectivity index (χ1n) is 6.52. The molecule has 0 aliphatic heterocycles. The summed E-state index contributed by atoms with van der Waals surface area (Å²) in [6, 6.07) is 0.252. The smallest absolute Gasteiger partial charge is 0.327 e. The predicted octanol–water partition coefficient (Wildman–Crippen LogP) is 0.884. The van der Waals surface area contributed by atoms with Gasteiger partial charge >= 0.3 is 5.97 Å². The van der Waals surface area contributed by atoms with E-state index >= 15 is 0 Å². The Morgan fingerprint density at radius 3 is 2.50 bits per heavy atom. The van der Waals surface area contributed by atoms with Crippen LogP contribution < -0.4 is 5.32 Å². The van der Waals surface area contributed by atoms with Gasteiger partial charge in [-0.05, 0) is 34.4 Å². The molecule has 2 atom stereocenters. The van der Waals surface area contributed by atoms with Gasteiger partial charge < -0.3 is 14.8 Å². The minimum Gasteiger partial charge on any atom is -0.465 e. The largest absolute Gasteiger partial charge is 0.465 e. The molecule has 5 nitrogen and oxygen atoms in total. The van der Waals surface area contributed by atoms with E-state index in [1.165, 1.54) is 0 Å². The Morgan fingerprint density at radius 1 is 1.44 bits per heavy atom. The zero-order valence-corrected chi connectivity index (χ0v) is 12.6. The SMILES string of the molecule is CCNC(C)(CN(C)C(C)COC)C(=O)OCC. The molecule has 0 amide bonds. The van der Waals surface area contributed by atoms with E-state index in [-0.39, 0.29) is 12.0 Å². The summed E-state index contributed by atoms with van der Waals surface area (Å²) in [6.07, 6.45) is 0. The molecule has 0 aromatic rings. The summed E-state index contributed by atoms with van der Waals surface area (Å²) in [5.41, 5.74) is -0.679. The summed E-state index contributed by atoms with van der Waals surface area (Å²) in [5.74, 6) is -0.205. The van der Waals surface area contributed by atoms with E-state index in [1.54, 1.807) is 7.11 Å². The quantitative estimate of drug-likeness (QED) is 0.624. The number of methoxy groups -OCH3 is 1. The van der Waals surface area contributed by atoms with Crippen molar-refractivity contribution in [1.29, 1.82) is 0 Å². The fourth-order valence-electron chi connectivity index (χ4n) is 1.90. The highest BCUT2D eigenvalue weighted by atomic mass is 16.5. The first kappa shape index (κ1) is 17.4. The van der Waals surface area contributed by atoms with Crippen LogP contribution in [0.5, 0.6) is 0 Å². The van der Waals surface area contributed by atoms with Crippen LogP contribution in [-0.2, 0) is 14.3 Å². The normalized spacial score (nSPS) is 16.4. The Morgan fingerprint density at radius 2 is 2.06 bits per heavy atom. The van der Waals surface area contributed by atoms with Crippen LogP contribution in [0.4, 0.5) is 0 Å². The zero-order chi connectivity index (χ0) is 14.2. The van der Waals surface area contributed by atoms with Crippen molar-refractivity contribution >= 4 is 5.97 Å². The van der Waals surface area contributed by atoms with Gasteiger partial charge in [0.15, 0.2) is 0 Å². The number of carbonyl (C=O) groups is 1. The number of rotatable bonds is 9. The molecule has 0 aliphatic rings. The van der Waals surface area contributed by atoms with Gasteiger partial charge in [0.05, 0.1) is 13.2 Å². The molecule has 18 heavy (non-hydrogen) atoms. The maximum Gasteiger partial charge on any atom is 0.327 e. The second-order valence-corrected chi connectivity index (χ2v) is 4.80. The number of esters is 1. The van der Waals surface area contributed by atoms with Crippen molar-refractivity contribution in [3.8, 4) is 0 Å². The van der Waals surface area contributed by atoms with E-state index in [4.69, 9.17) is 9.47 Å². The third-order valence-electron chi connectivity index (χ3n) is 3.02. The van der Waals surface area contributed by atoms with Gasteiger partial charge in [0.1, 0.15) is 5.54 Å². The summed E-state index contributed by atoms with van der Waals surface area (Å²) in [6.45, 7) is 10.1. The Labute approximate surface area is 111 Å². The fourth-order valence-corrected chi connectivity index (χ4v) is 1.90. The van der Waals surface area contributed by atoms with Crippen LogP contribution in [0.25, 0.3) is 0 Å². The average Bonchev–Trinajstić information content (AvgIpc) is 2.29. The van der Waals surface area contributed by atoms with Crippen LogP contribution in [0, 0.1) is 0 Å². The van der Waals surface area contributed by atoms with Gasteiger partial charge in [-0.3, -0.25) is 9.69 Å². The molecular formula is C13H28N2O3. The lowest BCUT2D eigenvalue weighted by molar-refractivity contribution is -0.151. The standard InChI is InChI=1S/C13H28N2O3/c1-7-14-13(4,12(16)18-8-2)10-15(5)11(3)9-17-6/h11,14H,7-10H2,1-6H3. The molecule has 1 N–H and O–H groups in total. The van der Waals surface area contributed by atoms with Crippen molar-refractivity contribution in [3.05, 3.63) is 0 Å². The monoisotopic (exact) mass is 260 g/mol. The van der Waals surface area contributed by atoms with Crippen molar-refractivity contribution in [2.45, 2.75) is 39.3 Å². The first-order chi connectivity index (χ1) is 8.41.